The van der Waals surface area contributed by atoms with Gasteiger partial charge in [-0.05, 0) is 6.42 Å². The van der Waals surface area contributed by atoms with Crippen LogP contribution in [0.4, 0.5) is 0 Å². The van der Waals surface area contributed by atoms with Gasteiger partial charge in [-0.15, -0.1) is 0 Å². The summed E-state index contributed by atoms with van der Waals surface area (Å²) in [5, 5.41) is 18.4. The van der Waals surface area contributed by atoms with E-state index < -0.39 is 33.1 Å². The molecular weight excluding hydrogens is 222 g/mol. The number of ether oxygens (including phenoxy) is 1. The largest absolute Gasteiger partial charge is 0.467 e. The van der Waals surface area contributed by atoms with Gasteiger partial charge in [0.25, 0.3) is 0 Å². The van der Waals surface area contributed by atoms with Crippen molar-refractivity contribution in [1.82, 2.24) is 0 Å². The lowest BCUT2D eigenvalue weighted by Gasteiger charge is -2.22. The molecule has 84 valence electrons. The number of methoxy groups -OCH3 is 1. The fourth-order valence-electron chi connectivity index (χ4n) is 1.58. The van der Waals surface area contributed by atoms with Crippen LogP contribution in [0.25, 0.3) is 0 Å². The maximum Gasteiger partial charge on any atom is 0.336 e. The van der Waals surface area contributed by atoms with Gasteiger partial charge in [-0.1, -0.05) is 0 Å². The molecule has 1 heterocycles. The Morgan fingerprint density at radius 1 is 1.67 bits per heavy atom. The van der Waals surface area contributed by atoms with E-state index in [0.717, 1.165) is 7.11 Å². The van der Waals surface area contributed by atoms with E-state index in [1.165, 1.54) is 0 Å². The fraction of sp³-hybridized carbons (Fsp3) is 0.750. The van der Waals surface area contributed by atoms with Gasteiger partial charge in [0.2, 0.25) is 0 Å². The van der Waals surface area contributed by atoms with E-state index in [1.54, 1.807) is 6.07 Å². The lowest BCUT2D eigenvalue weighted by molar-refractivity contribution is -0.155. The first-order chi connectivity index (χ1) is 6.87. The van der Waals surface area contributed by atoms with Crippen LogP contribution in [0.5, 0.6) is 0 Å². The van der Waals surface area contributed by atoms with Crippen LogP contribution in [0.15, 0.2) is 0 Å². The smallest absolute Gasteiger partial charge is 0.336 e. The van der Waals surface area contributed by atoms with Crippen LogP contribution in [0.2, 0.25) is 0 Å². The Hall–Kier alpha value is -1.13. The van der Waals surface area contributed by atoms with Crippen molar-refractivity contribution < 1.29 is 23.1 Å². The number of hydrogen-bond acceptors (Lipinski definition) is 6. The number of hydrogen-bond donors (Lipinski definition) is 1. The second kappa shape index (κ2) is 3.79. The third kappa shape index (κ3) is 2.11. The van der Waals surface area contributed by atoms with Crippen molar-refractivity contribution in [3.63, 3.8) is 0 Å². The summed E-state index contributed by atoms with van der Waals surface area (Å²) in [7, 11) is -2.27. The molecule has 7 heteroatoms. The third-order valence-electron chi connectivity index (χ3n) is 2.51. The zero-order valence-electron chi connectivity index (χ0n) is 8.13. The molecule has 2 atom stereocenters. The molecule has 0 amide bonds. The van der Waals surface area contributed by atoms with Crippen LogP contribution in [-0.2, 0) is 19.4 Å². The molecule has 1 aliphatic heterocycles. The molecule has 0 aromatic heterocycles. The number of carbonyl (C=O) groups is 1. The van der Waals surface area contributed by atoms with E-state index in [0.29, 0.717) is 0 Å². The zero-order chi connectivity index (χ0) is 11.7. The summed E-state index contributed by atoms with van der Waals surface area (Å²) in [6.07, 6.45) is -1.74. The van der Waals surface area contributed by atoms with Gasteiger partial charge in [0, 0.05) is 0 Å². The van der Waals surface area contributed by atoms with Crippen molar-refractivity contribution >= 4 is 15.8 Å². The lowest BCUT2D eigenvalue weighted by Crippen LogP contribution is -2.41. The van der Waals surface area contributed by atoms with Gasteiger partial charge in [-0.3, -0.25) is 0 Å². The highest BCUT2D eigenvalue weighted by atomic mass is 32.2. The molecular formula is C8H11NO5S. The molecule has 0 aliphatic carbocycles. The van der Waals surface area contributed by atoms with E-state index in [2.05, 4.69) is 4.74 Å². The van der Waals surface area contributed by atoms with Gasteiger partial charge in [0.15, 0.2) is 15.9 Å². The van der Waals surface area contributed by atoms with E-state index in [-0.39, 0.29) is 12.2 Å². The van der Waals surface area contributed by atoms with E-state index >= 15 is 0 Å². The Morgan fingerprint density at radius 3 is 2.60 bits per heavy atom. The monoisotopic (exact) mass is 233 g/mol. The predicted octanol–water partition coefficient (Wildman–Crippen LogP) is -1.15. The molecule has 1 N–H and O–H groups in total. The van der Waals surface area contributed by atoms with Gasteiger partial charge in [0.05, 0.1) is 24.7 Å². The highest BCUT2D eigenvalue weighted by Crippen LogP contribution is 2.35. The Bertz CT molecular complexity index is 409. The predicted molar refractivity (Wildman–Crippen MR) is 49.3 cm³/mol. The van der Waals surface area contributed by atoms with E-state index in [9.17, 15) is 18.3 Å². The van der Waals surface area contributed by atoms with Crippen LogP contribution < -0.4 is 0 Å². The molecule has 6 nitrogen and oxygen atoms in total. The Kier molecular flexibility index (Phi) is 3.02. The van der Waals surface area contributed by atoms with Crippen molar-refractivity contribution in [2.45, 2.75) is 12.5 Å². The molecule has 0 spiro atoms. The van der Waals surface area contributed by atoms with Crippen molar-refractivity contribution in [2.24, 2.45) is 5.41 Å². The first-order valence-electron chi connectivity index (χ1n) is 4.24. The Morgan fingerprint density at radius 2 is 2.27 bits per heavy atom. The highest BCUT2D eigenvalue weighted by Gasteiger charge is 2.51. The van der Waals surface area contributed by atoms with Gasteiger partial charge in [-0.2, -0.15) is 5.26 Å². The number of sulfone groups is 1. The molecule has 1 aliphatic rings. The second-order valence-corrected chi connectivity index (χ2v) is 5.72. The van der Waals surface area contributed by atoms with Crippen LogP contribution in [-0.4, -0.2) is 44.2 Å². The minimum absolute atomic E-state index is 0.0396. The molecule has 0 bridgehead atoms. The average molecular weight is 233 g/mol. The van der Waals surface area contributed by atoms with Gasteiger partial charge in [-0.25, -0.2) is 13.2 Å². The molecule has 2 unspecified atom stereocenters. The number of nitrogens with zero attached hydrogens (tertiary/aromatic N) is 1. The summed E-state index contributed by atoms with van der Waals surface area (Å²) >= 11 is 0. The average Bonchev–Trinajstić information content (AvgIpc) is 2.53. The first kappa shape index (κ1) is 11.9. The molecule has 15 heavy (non-hydrogen) atoms. The number of aliphatic hydroxyl groups is 1. The molecule has 1 fully saturated rings. The molecule has 1 saturated heterocycles. The SMILES string of the molecule is COC(=O)C(O)C1(C#N)CCS(=O)(=O)C1. The number of esters is 1. The first-order valence-corrected chi connectivity index (χ1v) is 6.06. The van der Waals surface area contributed by atoms with Crippen molar-refractivity contribution in [3.05, 3.63) is 0 Å². The molecule has 0 saturated carbocycles. The van der Waals surface area contributed by atoms with Crippen molar-refractivity contribution in [1.29, 1.82) is 5.26 Å². The van der Waals surface area contributed by atoms with E-state index in [1.807, 2.05) is 0 Å². The lowest BCUT2D eigenvalue weighted by atomic mass is 9.83. The Labute approximate surface area is 87.4 Å². The van der Waals surface area contributed by atoms with Crippen LogP contribution in [0.3, 0.4) is 0 Å². The van der Waals surface area contributed by atoms with Crippen LogP contribution in [0, 0.1) is 16.7 Å². The maximum atomic E-state index is 11.2. The molecule has 0 aromatic rings. The van der Waals surface area contributed by atoms with Crippen molar-refractivity contribution in [3.8, 4) is 6.07 Å². The van der Waals surface area contributed by atoms with Gasteiger partial charge >= 0.3 is 5.97 Å². The second-order valence-electron chi connectivity index (χ2n) is 3.54. The normalized spacial score (nSPS) is 30.5. The highest BCUT2D eigenvalue weighted by molar-refractivity contribution is 7.91. The molecule has 1 rings (SSSR count). The summed E-state index contributed by atoms with van der Waals surface area (Å²) in [4.78, 5) is 11.1. The van der Waals surface area contributed by atoms with Crippen LogP contribution >= 0.6 is 0 Å². The molecule has 0 aromatic carbocycles. The quantitative estimate of drug-likeness (QED) is 0.604. The summed E-state index contributed by atoms with van der Waals surface area (Å²) in [6, 6.07) is 1.72. The minimum atomic E-state index is -3.34. The van der Waals surface area contributed by atoms with E-state index in [4.69, 9.17) is 5.26 Å². The third-order valence-corrected chi connectivity index (χ3v) is 4.29. The Balaban J connectivity index is 3.00. The summed E-state index contributed by atoms with van der Waals surface area (Å²) < 4.78 is 26.7. The number of nitriles is 1. The number of aliphatic hydroxyl groups excluding tert-OH is 1. The molecule has 0 radical (unpaired) electrons. The zero-order valence-corrected chi connectivity index (χ0v) is 8.95. The summed E-state index contributed by atoms with van der Waals surface area (Å²) in [6.45, 7) is 0. The van der Waals surface area contributed by atoms with Crippen molar-refractivity contribution in [2.75, 3.05) is 18.6 Å². The number of carbonyl (C=O) groups excluding carboxylic acids is 1. The summed E-state index contributed by atoms with van der Waals surface area (Å²) in [5.41, 5.74) is -1.55. The topological polar surface area (TPSA) is 104 Å². The standard InChI is InChI=1S/C8H11NO5S/c1-14-7(11)6(10)8(4-9)2-3-15(12,13)5-8/h6,10H,2-3,5H2,1H3. The van der Waals surface area contributed by atoms with Crippen LogP contribution in [0.1, 0.15) is 6.42 Å². The van der Waals surface area contributed by atoms with Gasteiger partial charge in [0.1, 0.15) is 5.41 Å². The number of rotatable bonds is 2. The van der Waals surface area contributed by atoms with Gasteiger partial charge < -0.3 is 9.84 Å². The summed E-state index contributed by atoms with van der Waals surface area (Å²) in [5.74, 6) is -1.66. The fourth-order valence-corrected chi connectivity index (χ4v) is 3.55. The minimum Gasteiger partial charge on any atom is -0.467 e. The maximum absolute atomic E-state index is 11.2.